The van der Waals surface area contributed by atoms with Crippen molar-refractivity contribution in [3.63, 3.8) is 0 Å². The maximum Gasteiger partial charge on any atom is 0.341 e. The molecule has 0 amide bonds. The summed E-state index contributed by atoms with van der Waals surface area (Å²) in [5.41, 5.74) is 3.16. The molecule has 6 heteroatoms. The Morgan fingerprint density at radius 3 is 2.81 bits per heavy atom. The molecule has 0 bridgehead atoms. The van der Waals surface area contributed by atoms with E-state index in [9.17, 15) is 4.79 Å². The average Bonchev–Trinajstić information content (AvgIpc) is 3.22. The van der Waals surface area contributed by atoms with Crippen molar-refractivity contribution in [1.29, 1.82) is 0 Å². The minimum absolute atomic E-state index is 0.280. The second kappa shape index (κ2) is 9.14. The maximum absolute atomic E-state index is 12.2. The molecule has 0 spiro atoms. The number of benzene rings is 1. The lowest BCUT2D eigenvalue weighted by atomic mass is 10.1. The molecule has 1 aromatic carbocycles. The third-order valence-electron chi connectivity index (χ3n) is 4.56. The summed E-state index contributed by atoms with van der Waals surface area (Å²) in [4.78, 5) is 13.4. The number of thiophene rings is 1. The first-order chi connectivity index (χ1) is 12.7. The van der Waals surface area contributed by atoms with Crippen molar-refractivity contribution in [2.45, 2.75) is 38.5 Å². The van der Waals surface area contributed by atoms with E-state index in [2.05, 4.69) is 34.9 Å². The van der Waals surface area contributed by atoms with Gasteiger partial charge in [-0.05, 0) is 61.9 Å². The van der Waals surface area contributed by atoms with Crippen LogP contribution in [0.25, 0.3) is 0 Å². The molecule has 138 valence electrons. The van der Waals surface area contributed by atoms with Crippen LogP contribution in [0.5, 0.6) is 0 Å². The number of thiocarbonyl (C=S) groups is 1. The van der Waals surface area contributed by atoms with Gasteiger partial charge in [-0.1, -0.05) is 30.3 Å². The van der Waals surface area contributed by atoms with Gasteiger partial charge in [0, 0.05) is 11.4 Å². The van der Waals surface area contributed by atoms with Crippen LogP contribution in [0.2, 0.25) is 0 Å². The Morgan fingerprint density at radius 1 is 1.23 bits per heavy atom. The molecule has 0 saturated carbocycles. The molecule has 3 rings (SSSR count). The number of rotatable bonds is 7. The first-order valence-corrected chi connectivity index (χ1v) is 10.2. The minimum atomic E-state index is -0.280. The van der Waals surface area contributed by atoms with E-state index in [1.54, 1.807) is 11.3 Å². The highest BCUT2D eigenvalue weighted by Crippen LogP contribution is 2.39. The fourth-order valence-corrected chi connectivity index (χ4v) is 4.81. The Bertz CT molecular complexity index is 772. The lowest BCUT2D eigenvalue weighted by Crippen LogP contribution is -2.29. The van der Waals surface area contributed by atoms with Gasteiger partial charge in [0.25, 0.3) is 0 Å². The largest absolute Gasteiger partial charge is 0.465 e. The number of fused-ring (bicyclic) bond motifs is 1. The van der Waals surface area contributed by atoms with Crippen LogP contribution in [0.3, 0.4) is 0 Å². The monoisotopic (exact) mass is 388 g/mol. The van der Waals surface area contributed by atoms with E-state index in [0.717, 1.165) is 55.6 Å². The second-order valence-corrected chi connectivity index (χ2v) is 7.89. The quantitative estimate of drug-likeness (QED) is 0.420. The molecule has 0 saturated heterocycles. The van der Waals surface area contributed by atoms with Gasteiger partial charge in [0.2, 0.25) is 0 Å². The van der Waals surface area contributed by atoms with Crippen molar-refractivity contribution < 1.29 is 9.53 Å². The molecule has 26 heavy (non-hydrogen) atoms. The molecule has 1 aliphatic carbocycles. The smallest absolute Gasteiger partial charge is 0.341 e. The van der Waals surface area contributed by atoms with Crippen molar-refractivity contribution in [3.8, 4) is 0 Å². The third-order valence-corrected chi connectivity index (χ3v) is 6.01. The number of aryl methyl sites for hydroxylation is 2. The molecule has 1 aliphatic rings. The van der Waals surface area contributed by atoms with Crippen molar-refractivity contribution in [2.24, 2.45) is 0 Å². The number of esters is 1. The molecule has 0 aliphatic heterocycles. The van der Waals surface area contributed by atoms with Gasteiger partial charge in [-0.3, -0.25) is 0 Å². The Labute approximate surface area is 164 Å². The van der Waals surface area contributed by atoms with E-state index in [1.165, 1.54) is 17.6 Å². The Kier molecular flexibility index (Phi) is 6.63. The summed E-state index contributed by atoms with van der Waals surface area (Å²) in [6.45, 7) is 0.817. The van der Waals surface area contributed by atoms with Gasteiger partial charge in [0.05, 0.1) is 12.7 Å². The summed E-state index contributed by atoms with van der Waals surface area (Å²) in [5.74, 6) is -0.280. The number of nitrogens with one attached hydrogen (secondary N) is 2. The Morgan fingerprint density at radius 2 is 2.04 bits per heavy atom. The van der Waals surface area contributed by atoms with Crippen LogP contribution >= 0.6 is 23.6 Å². The number of carbonyl (C=O) groups is 1. The minimum Gasteiger partial charge on any atom is -0.465 e. The van der Waals surface area contributed by atoms with Gasteiger partial charge in [0.1, 0.15) is 5.00 Å². The van der Waals surface area contributed by atoms with Crippen LogP contribution in [-0.4, -0.2) is 24.7 Å². The lowest BCUT2D eigenvalue weighted by Gasteiger charge is -2.11. The second-order valence-electron chi connectivity index (χ2n) is 6.38. The van der Waals surface area contributed by atoms with E-state index >= 15 is 0 Å². The van der Waals surface area contributed by atoms with E-state index in [-0.39, 0.29) is 5.97 Å². The van der Waals surface area contributed by atoms with Crippen LogP contribution in [0.15, 0.2) is 30.3 Å². The number of anilines is 1. The van der Waals surface area contributed by atoms with Gasteiger partial charge in [0.15, 0.2) is 5.11 Å². The molecule has 0 atom stereocenters. The summed E-state index contributed by atoms with van der Waals surface area (Å²) in [7, 11) is 1.43. The number of carbonyl (C=O) groups excluding carboxylic acids is 1. The highest BCUT2D eigenvalue weighted by atomic mass is 32.1. The topological polar surface area (TPSA) is 50.4 Å². The molecule has 1 aromatic heterocycles. The van der Waals surface area contributed by atoms with E-state index < -0.39 is 0 Å². The van der Waals surface area contributed by atoms with Crippen molar-refractivity contribution >= 4 is 39.6 Å². The summed E-state index contributed by atoms with van der Waals surface area (Å²) in [6, 6.07) is 10.5. The molecule has 0 unspecified atom stereocenters. The molecular formula is C20H24N2O2S2. The van der Waals surface area contributed by atoms with Crippen molar-refractivity contribution in [2.75, 3.05) is 19.0 Å². The molecule has 0 fully saturated rings. The molecule has 1 heterocycles. The molecular weight excluding hydrogens is 364 g/mol. The number of methoxy groups -OCH3 is 1. The number of hydrogen-bond donors (Lipinski definition) is 2. The standard InChI is InChI=1S/C20H24N2O2S2/c1-24-19(23)17-15-11-7-12-16(15)26-18(17)22-20(25)21-13-6-5-10-14-8-3-2-4-9-14/h2-4,8-9H,5-7,10-13H2,1H3,(H2,21,22,25). The molecule has 4 nitrogen and oxygen atoms in total. The molecule has 0 radical (unpaired) electrons. The van der Waals surface area contributed by atoms with Gasteiger partial charge in [-0.25, -0.2) is 4.79 Å². The number of hydrogen-bond acceptors (Lipinski definition) is 4. The summed E-state index contributed by atoms with van der Waals surface area (Å²) >= 11 is 7.02. The van der Waals surface area contributed by atoms with E-state index in [4.69, 9.17) is 17.0 Å². The zero-order valence-corrected chi connectivity index (χ0v) is 16.6. The maximum atomic E-state index is 12.2. The average molecular weight is 389 g/mol. The molecule has 2 aromatic rings. The van der Waals surface area contributed by atoms with E-state index in [0.29, 0.717) is 10.7 Å². The van der Waals surface area contributed by atoms with Crippen LogP contribution in [0.1, 0.15) is 45.6 Å². The van der Waals surface area contributed by atoms with Crippen molar-refractivity contribution in [1.82, 2.24) is 5.32 Å². The van der Waals surface area contributed by atoms with Gasteiger partial charge >= 0.3 is 5.97 Å². The van der Waals surface area contributed by atoms with Gasteiger partial charge in [-0.2, -0.15) is 0 Å². The fourth-order valence-electron chi connectivity index (χ4n) is 3.26. The first-order valence-electron chi connectivity index (χ1n) is 9.00. The lowest BCUT2D eigenvalue weighted by molar-refractivity contribution is 0.0601. The van der Waals surface area contributed by atoms with Crippen LogP contribution in [0, 0.1) is 0 Å². The van der Waals surface area contributed by atoms with Gasteiger partial charge in [-0.15, -0.1) is 11.3 Å². The zero-order chi connectivity index (χ0) is 18.4. The fraction of sp³-hybridized carbons (Fsp3) is 0.400. The van der Waals surface area contributed by atoms with Crippen LogP contribution in [0.4, 0.5) is 5.00 Å². The van der Waals surface area contributed by atoms with Crippen LogP contribution < -0.4 is 10.6 Å². The highest BCUT2D eigenvalue weighted by Gasteiger charge is 2.27. The predicted molar refractivity (Wildman–Crippen MR) is 111 cm³/mol. The predicted octanol–water partition coefficient (Wildman–Crippen LogP) is 4.33. The zero-order valence-electron chi connectivity index (χ0n) is 15.0. The third kappa shape index (κ3) is 4.62. The summed E-state index contributed by atoms with van der Waals surface area (Å²) < 4.78 is 4.96. The first kappa shape index (κ1) is 18.9. The SMILES string of the molecule is COC(=O)c1c(NC(=S)NCCCCc2ccccc2)sc2c1CCC2. The number of ether oxygens (including phenoxy) is 1. The normalized spacial score (nSPS) is 12.5. The van der Waals surface area contributed by atoms with Crippen LogP contribution in [-0.2, 0) is 24.0 Å². The van der Waals surface area contributed by atoms with E-state index in [1.807, 2.05) is 6.07 Å². The Hall–Kier alpha value is -1.92. The number of unbranched alkanes of at least 4 members (excludes halogenated alkanes) is 1. The van der Waals surface area contributed by atoms with Gasteiger partial charge < -0.3 is 15.4 Å². The van der Waals surface area contributed by atoms with Crippen molar-refractivity contribution in [3.05, 3.63) is 51.9 Å². The highest BCUT2D eigenvalue weighted by molar-refractivity contribution is 7.80. The summed E-state index contributed by atoms with van der Waals surface area (Å²) in [5, 5.41) is 7.82. The summed E-state index contributed by atoms with van der Waals surface area (Å²) in [6.07, 6.45) is 6.31. The molecule has 2 N–H and O–H groups in total. The Balaban J connectivity index is 1.47.